The molecule has 2 N–H and O–H groups in total. The van der Waals surface area contributed by atoms with Gasteiger partial charge in [-0.2, -0.15) is 0 Å². The van der Waals surface area contributed by atoms with Gasteiger partial charge in [0.2, 0.25) is 11.8 Å². The Bertz CT molecular complexity index is 1120. The molecule has 0 radical (unpaired) electrons. The van der Waals surface area contributed by atoms with E-state index in [1.807, 2.05) is 6.07 Å². The number of hydrogen-bond donors (Lipinski definition) is 2. The van der Waals surface area contributed by atoms with E-state index in [1.165, 1.54) is 0 Å². The maximum absolute atomic E-state index is 14.7. The molecular formula is C24H23F2N3O5. The van der Waals surface area contributed by atoms with Crippen LogP contribution in [0.5, 0.6) is 5.75 Å². The summed E-state index contributed by atoms with van der Waals surface area (Å²) in [7, 11) is 0. The van der Waals surface area contributed by atoms with Crippen LogP contribution in [0.15, 0.2) is 36.4 Å². The Morgan fingerprint density at radius 3 is 2.44 bits per heavy atom. The van der Waals surface area contributed by atoms with Crippen LogP contribution in [0.4, 0.5) is 25.0 Å². The first-order chi connectivity index (χ1) is 16.4. The number of piperidine rings is 1. The van der Waals surface area contributed by atoms with Crippen LogP contribution in [0.2, 0.25) is 0 Å². The fourth-order valence-corrected chi connectivity index (χ4v) is 4.10. The molecule has 1 atom stereocenters. The molecule has 3 aliphatic rings. The highest BCUT2D eigenvalue weighted by atomic mass is 19.1. The molecule has 0 bridgehead atoms. The van der Waals surface area contributed by atoms with E-state index < -0.39 is 41.6 Å². The molecule has 3 amide bonds. The van der Waals surface area contributed by atoms with Gasteiger partial charge in [0.05, 0.1) is 25.1 Å². The number of nitrogens with zero attached hydrogens (tertiary/aromatic N) is 1. The molecule has 0 spiro atoms. The van der Waals surface area contributed by atoms with Crippen molar-refractivity contribution in [3.63, 3.8) is 0 Å². The van der Waals surface area contributed by atoms with Crippen molar-refractivity contribution in [1.29, 1.82) is 0 Å². The molecule has 5 rings (SSSR count). The van der Waals surface area contributed by atoms with Crippen LogP contribution in [0, 0.1) is 11.6 Å². The van der Waals surface area contributed by atoms with Gasteiger partial charge >= 0.3 is 6.09 Å². The van der Waals surface area contributed by atoms with Gasteiger partial charge in [-0.3, -0.25) is 20.2 Å². The van der Waals surface area contributed by atoms with E-state index in [4.69, 9.17) is 9.47 Å². The SMILES string of the molecule is O=C1CCC(c2c(F)cc(N3CC(OC(=O)Nc4cccc(OC5CC5)c4)C3)cc2F)C(=O)N1. The van der Waals surface area contributed by atoms with Crippen molar-refractivity contribution in [1.82, 2.24) is 5.32 Å². The highest BCUT2D eigenvalue weighted by Gasteiger charge is 2.35. The smallest absolute Gasteiger partial charge is 0.412 e. The Labute approximate surface area is 194 Å². The van der Waals surface area contributed by atoms with Crippen LogP contribution in [-0.2, 0) is 14.3 Å². The molecule has 0 aromatic heterocycles. The maximum Gasteiger partial charge on any atom is 0.412 e. The number of imide groups is 1. The number of anilines is 2. The Hall–Kier alpha value is -3.69. The number of ether oxygens (including phenoxy) is 2. The fraction of sp³-hybridized carbons (Fsp3) is 0.375. The van der Waals surface area contributed by atoms with Crippen LogP contribution >= 0.6 is 0 Å². The highest BCUT2D eigenvalue weighted by Crippen LogP contribution is 2.34. The van der Waals surface area contributed by atoms with Crippen LogP contribution in [0.3, 0.4) is 0 Å². The third-order valence-electron chi connectivity index (χ3n) is 6.05. The lowest BCUT2D eigenvalue weighted by atomic mass is 9.89. The van der Waals surface area contributed by atoms with Gasteiger partial charge in [-0.25, -0.2) is 13.6 Å². The third-order valence-corrected chi connectivity index (χ3v) is 6.05. The van der Waals surface area contributed by atoms with Crippen molar-refractivity contribution in [2.75, 3.05) is 23.3 Å². The molecule has 2 aromatic carbocycles. The quantitative estimate of drug-likeness (QED) is 0.627. The van der Waals surface area contributed by atoms with Crippen molar-refractivity contribution in [2.45, 2.75) is 43.8 Å². The predicted molar refractivity (Wildman–Crippen MR) is 118 cm³/mol. The van der Waals surface area contributed by atoms with Gasteiger partial charge in [-0.1, -0.05) is 6.07 Å². The topological polar surface area (TPSA) is 97.0 Å². The van der Waals surface area contributed by atoms with Crippen LogP contribution in [-0.4, -0.2) is 43.2 Å². The fourth-order valence-electron chi connectivity index (χ4n) is 4.10. The van der Waals surface area contributed by atoms with Gasteiger partial charge in [0.15, 0.2) is 0 Å². The molecule has 1 aliphatic carbocycles. The second-order valence-corrected chi connectivity index (χ2v) is 8.73. The van der Waals surface area contributed by atoms with Gasteiger partial charge in [0, 0.05) is 29.4 Å². The zero-order chi connectivity index (χ0) is 23.8. The summed E-state index contributed by atoms with van der Waals surface area (Å²) in [6.07, 6.45) is 1.34. The van der Waals surface area contributed by atoms with Crippen molar-refractivity contribution in [3.8, 4) is 5.75 Å². The van der Waals surface area contributed by atoms with E-state index in [0.717, 1.165) is 25.0 Å². The zero-order valence-corrected chi connectivity index (χ0v) is 18.2. The van der Waals surface area contributed by atoms with Crippen molar-refractivity contribution in [2.24, 2.45) is 0 Å². The molecule has 34 heavy (non-hydrogen) atoms. The second kappa shape index (κ2) is 8.92. The minimum Gasteiger partial charge on any atom is -0.490 e. The average Bonchev–Trinajstić information content (AvgIpc) is 3.55. The summed E-state index contributed by atoms with van der Waals surface area (Å²) < 4.78 is 40.5. The number of amides is 3. The van der Waals surface area contributed by atoms with E-state index in [1.54, 1.807) is 23.1 Å². The molecule has 2 heterocycles. The summed E-state index contributed by atoms with van der Waals surface area (Å²) >= 11 is 0. The normalized spacial score (nSPS) is 20.4. The lowest BCUT2D eigenvalue weighted by molar-refractivity contribution is -0.134. The summed E-state index contributed by atoms with van der Waals surface area (Å²) in [5.41, 5.74) is 0.498. The third kappa shape index (κ3) is 4.80. The van der Waals surface area contributed by atoms with E-state index in [9.17, 15) is 23.2 Å². The van der Waals surface area contributed by atoms with E-state index in [-0.39, 0.29) is 43.3 Å². The summed E-state index contributed by atoms with van der Waals surface area (Å²) in [5.74, 6) is -3.21. The van der Waals surface area contributed by atoms with Gasteiger partial charge in [0.1, 0.15) is 23.5 Å². The lowest BCUT2D eigenvalue weighted by Crippen LogP contribution is -2.53. The Morgan fingerprint density at radius 1 is 1.03 bits per heavy atom. The first-order valence-electron chi connectivity index (χ1n) is 11.2. The van der Waals surface area contributed by atoms with E-state index in [2.05, 4.69) is 10.6 Å². The van der Waals surface area contributed by atoms with Crippen molar-refractivity contribution < 1.29 is 32.6 Å². The number of carbonyl (C=O) groups is 3. The first kappa shape index (κ1) is 22.1. The summed E-state index contributed by atoms with van der Waals surface area (Å²) in [4.78, 5) is 37.2. The largest absolute Gasteiger partial charge is 0.490 e. The molecular weight excluding hydrogens is 448 g/mol. The zero-order valence-electron chi connectivity index (χ0n) is 18.2. The molecule has 2 saturated heterocycles. The van der Waals surface area contributed by atoms with Crippen molar-refractivity contribution >= 4 is 29.3 Å². The number of halogens is 2. The average molecular weight is 471 g/mol. The molecule has 178 valence electrons. The van der Waals surface area contributed by atoms with Crippen LogP contribution in [0.25, 0.3) is 0 Å². The monoisotopic (exact) mass is 471 g/mol. The lowest BCUT2D eigenvalue weighted by Gasteiger charge is -2.40. The van der Waals surface area contributed by atoms with E-state index >= 15 is 0 Å². The Balaban J connectivity index is 1.15. The summed E-state index contributed by atoms with van der Waals surface area (Å²) in [5, 5.41) is 4.77. The van der Waals surface area contributed by atoms with Gasteiger partial charge in [-0.05, 0) is 43.5 Å². The van der Waals surface area contributed by atoms with Crippen molar-refractivity contribution in [3.05, 3.63) is 53.6 Å². The molecule has 10 heteroatoms. The standard InChI is InChI=1S/C24H23F2N3O5/c25-19-9-14(10-20(26)22(19)18-6-7-21(30)28-23(18)31)29-11-17(12-29)34-24(32)27-13-2-1-3-16(8-13)33-15-4-5-15/h1-3,8-10,15,17-18H,4-7,11-12H2,(H,27,32)(H,28,30,31). The minimum atomic E-state index is -1.05. The Morgan fingerprint density at radius 2 is 1.76 bits per heavy atom. The van der Waals surface area contributed by atoms with E-state index in [0.29, 0.717) is 11.4 Å². The molecule has 2 aliphatic heterocycles. The second-order valence-electron chi connectivity index (χ2n) is 8.73. The summed E-state index contributed by atoms with van der Waals surface area (Å²) in [6.45, 7) is 0.545. The molecule has 1 unspecified atom stereocenters. The first-order valence-corrected chi connectivity index (χ1v) is 11.2. The van der Waals surface area contributed by atoms with Gasteiger partial charge in [0.25, 0.3) is 0 Å². The highest BCUT2D eigenvalue weighted by molar-refractivity contribution is 6.01. The van der Waals surface area contributed by atoms with Gasteiger partial charge in [-0.15, -0.1) is 0 Å². The Kier molecular flexibility index (Phi) is 5.80. The number of benzene rings is 2. The predicted octanol–water partition coefficient (Wildman–Crippen LogP) is 3.46. The minimum absolute atomic E-state index is 0.0298. The van der Waals surface area contributed by atoms with Gasteiger partial charge < -0.3 is 14.4 Å². The van der Waals surface area contributed by atoms with Crippen LogP contribution in [0.1, 0.15) is 37.2 Å². The molecule has 2 aromatic rings. The summed E-state index contributed by atoms with van der Waals surface area (Å²) in [6, 6.07) is 9.36. The van der Waals surface area contributed by atoms with Crippen LogP contribution < -0.4 is 20.3 Å². The number of rotatable bonds is 6. The maximum atomic E-state index is 14.7. The number of nitrogens with one attached hydrogen (secondary N) is 2. The molecule has 1 saturated carbocycles. The molecule has 3 fully saturated rings. The number of carbonyl (C=O) groups excluding carboxylic acids is 3. The molecule has 8 nitrogen and oxygen atoms in total. The number of hydrogen-bond acceptors (Lipinski definition) is 6.